The zero-order valence-corrected chi connectivity index (χ0v) is 20.5. The number of aliphatic hydroxyl groups is 1. The fourth-order valence-corrected chi connectivity index (χ4v) is 5.11. The summed E-state index contributed by atoms with van der Waals surface area (Å²) in [6.07, 6.45) is 4.03. The normalized spacial score (nSPS) is 18.0. The molecule has 0 spiro atoms. The zero-order chi connectivity index (χ0) is 23.5. The molecule has 2 aliphatic heterocycles. The van der Waals surface area contributed by atoms with Gasteiger partial charge in [0.1, 0.15) is 11.4 Å². The van der Waals surface area contributed by atoms with Crippen LogP contribution in [0.5, 0.6) is 5.75 Å². The third-order valence-corrected chi connectivity index (χ3v) is 7.24. The van der Waals surface area contributed by atoms with Crippen molar-refractivity contribution in [2.24, 2.45) is 0 Å². The summed E-state index contributed by atoms with van der Waals surface area (Å²) in [5, 5.41) is 13.8. The first-order valence-corrected chi connectivity index (χ1v) is 12.4. The highest BCUT2D eigenvalue weighted by molar-refractivity contribution is 6.32. The Morgan fingerprint density at radius 2 is 1.76 bits per heavy atom. The SMILES string of the molecule is COc1cc(CO)c(-c2cn3ccc(N4CCN(CCN5CCNCC5)CC4)cc3n2)cc1Cl. The predicted octanol–water partition coefficient (Wildman–Crippen LogP) is 2.18. The number of rotatable bonds is 7. The lowest BCUT2D eigenvalue weighted by Gasteiger charge is -2.37. The van der Waals surface area contributed by atoms with Gasteiger partial charge in [0.2, 0.25) is 0 Å². The van der Waals surface area contributed by atoms with E-state index >= 15 is 0 Å². The molecule has 4 heterocycles. The molecule has 0 atom stereocenters. The maximum absolute atomic E-state index is 9.86. The number of anilines is 1. The monoisotopic (exact) mass is 484 g/mol. The van der Waals surface area contributed by atoms with E-state index < -0.39 is 0 Å². The smallest absolute Gasteiger partial charge is 0.139 e. The Morgan fingerprint density at radius 3 is 2.47 bits per heavy atom. The average Bonchev–Trinajstić information content (AvgIpc) is 3.31. The maximum Gasteiger partial charge on any atom is 0.139 e. The van der Waals surface area contributed by atoms with E-state index in [1.165, 1.54) is 5.69 Å². The fourth-order valence-electron chi connectivity index (χ4n) is 4.87. The third-order valence-electron chi connectivity index (χ3n) is 6.95. The van der Waals surface area contributed by atoms with Gasteiger partial charge in [-0.1, -0.05) is 11.6 Å². The Bertz CT molecular complexity index is 1120. The number of nitrogens with zero attached hydrogens (tertiary/aromatic N) is 5. The van der Waals surface area contributed by atoms with Crippen LogP contribution in [0.1, 0.15) is 5.56 Å². The molecule has 9 heteroatoms. The van der Waals surface area contributed by atoms with E-state index in [1.807, 2.05) is 16.7 Å². The molecule has 2 aliphatic rings. The van der Waals surface area contributed by atoms with Crippen LogP contribution in [0.3, 0.4) is 0 Å². The number of imidazole rings is 1. The Kier molecular flexibility index (Phi) is 7.22. The van der Waals surface area contributed by atoms with Gasteiger partial charge in [0.15, 0.2) is 0 Å². The molecule has 0 saturated carbocycles. The van der Waals surface area contributed by atoms with E-state index in [0.29, 0.717) is 10.8 Å². The van der Waals surface area contributed by atoms with Crippen LogP contribution in [-0.4, -0.2) is 96.8 Å². The number of methoxy groups -OCH3 is 1. The lowest BCUT2D eigenvalue weighted by molar-refractivity contribution is 0.183. The predicted molar refractivity (Wildman–Crippen MR) is 136 cm³/mol. The molecule has 0 unspecified atom stereocenters. The van der Waals surface area contributed by atoms with E-state index in [1.54, 1.807) is 13.2 Å². The second kappa shape index (κ2) is 10.5. The second-order valence-electron chi connectivity index (χ2n) is 9.00. The van der Waals surface area contributed by atoms with Crippen molar-refractivity contribution >= 4 is 22.9 Å². The minimum atomic E-state index is -0.110. The molecule has 2 aromatic heterocycles. The molecule has 2 N–H and O–H groups in total. The van der Waals surface area contributed by atoms with Gasteiger partial charge in [-0.3, -0.25) is 9.80 Å². The summed E-state index contributed by atoms with van der Waals surface area (Å²) in [5.41, 5.74) is 4.41. The van der Waals surface area contributed by atoms with E-state index in [4.69, 9.17) is 21.3 Å². The first-order valence-electron chi connectivity index (χ1n) is 12.0. The van der Waals surface area contributed by atoms with Crippen molar-refractivity contribution in [2.45, 2.75) is 6.61 Å². The lowest BCUT2D eigenvalue weighted by Crippen LogP contribution is -2.50. The molecule has 5 rings (SSSR count). The Hall–Kier alpha value is -2.36. The lowest BCUT2D eigenvalue weighted by atomic mass is 10.1. The van der Waals surface area contributed by atoms with Crippen LogP contribution in [0.15, 0.2) is 36.7 Å². The standard InChI is InChI=1S/C25H33ClN6O2/c1-34-24-14-19(18-33)21(16-22(24)26)23-17-32-5-2-20(15-25(32)28-23)31-12-10-30(11-13-31)9-8-29-6-3-27-4-7-29/h2,5,14-17,27,33H,3-4,6-13,18H2,1H3. The number of hydrogen-bond acceptors (Lipinski definition) is 7. The largest absolute Gasteiger partial charge is 0.495 e. The number of halogens is 1. The minimum absolute atomic E-state index is 0.110. The van der Waals surface area contributed by atoms with Crippen molar-refractivity contribution in [3.63, 3.8) is 0 Å². The number of nitrogens with one attached hydrogen (secondary N) is 1. The van der Waals surface area contributed by atoms with Crippen molar-refractivity contribution in [1.29, 1.82) is 0 Å². The maximum atomic E-state index is 9.86. The molecule has 2 saturated heterocycles. The molecule has 182 valence electrons. The van der Waals surface area contributed by atoms with Crippen molar-refractivity contribution < 1.29 is 9.84 Å². The van der Waals surface area contributed by atoms with Gasteiger partial charge >= 0.3 is 0 Å². The summed E-state index contributed by atoms with van der Waals surface area (Å²) >= 11 is 6.35. The number of pyridine rings is 1. The van der Waals surface area contributed by atoms with Crippen LogP contribution < -0.4 is 15.0 Å². The Balaban J connectivity index is 1.26. The number of aliphatic hydroxyl groups excluding tert-OH is 1. The molecular formula is C25H33ClN6O2. The quantitative estimate of drug-likeness (QED) is 0.532. The van der Waals surface area contributed by atoms with Crippen molar-refractivity contribution in [3.8, 4) is 17.0 Å². The van der Waals surface area contributed by atoms with E-state index in [9.17, 15) is 5.11 Å². The number of piperazine rings is 2. The first-order chi connectivity index (χ1) is 16.6. The van der Waals surface area contributed by atoms with E-state index in [0.717, 1.165) is 87.9 Å². The van der Waals surface area contributed by atoms with Crippen LogP contribution in [0.25, 0.3) is 16.9 Å². The zero-order valence-electron chi connectivity index (χ0n) is 19.7. The number of aromatic nitrogens is 2. The number of hydrogen-bond donors (Lipinski definition) is 2. The first kappa shape index (κ1) is 23.4. The summed E-state index contributed by atoms with van der Waals surface area (Å²) in [6, 6.07) is 7.88. The van der Waals surface area contributed by atoms with Gasteiger partial charge in [0.25, 0.3) is 0 Å². The van der Waals surface area contributed by atoms with Crippen LogP contribution >= 0.6 is 11.6 Å². The topological polar surface area (TPSA) is 68.5 Å². The number of ether oxygens (including phenoxy) is 1. The summed E-state index contributed by atoms with van der Waals surface area (Å²) in [5.74, 6) is 0.549. The average molecular weight is 485 g/mol. The number of fused-ring (bicyclic) bond motifs is 1. The van der Waals surface area contributed by atoms with Gasteiger partial charge in [-0.05, 0) is 23.8 Å². The molecule has 0 aliphatic carbocycles. The summed E-state index contributed by atoms with van der Waals surface area (Å²) in [6.45, 7) is 11.0. The number of benzene rings is 1. The summed E-state index contributed by atoms with van der Waals surface area (Å²) in [4.78, 5) is 12.4. The van der Waals surface area contributed by atoms with Gasteiger partial charge in [-0.25, -0.2) is 4.98 Å². The molecular weight excluding hydrogens is 452 g/mol. The van der Waals surface area contributed by atoms with Crippen LogP contribution in [0, 0.1) is 0 Å². The summed E-state index contributed by atoms with van der Waals surface area (Å²) in [7, 11) is 1.57. The van der Waals surface area contributed by atoms with Crippen molar-refractivity contribution in [2.75, 3.05) is 77.5 Å². The minimum Gasteiger partial charge on any atom is -0.495 e. The Labute approximate surface area is 205 Å². The molecule has 0 amide bonds. The highest BCUT2D eigenvalue weighted by Gasteiger charge is 2.20. The van der Waals surface area contributed by atoms with Gasteiger partial charge in [-0.2, -0.15) is 0 Å². The van der Waals surface area contributed by atoms with Gasteiger partial charge < -0.3 is 24.5 Å². The van der Waals surface area contributed by atoms with Crippen LogP contribution in [0.2, 0.25) is 5.02 Å². The third kappa shape index (κ3) is 5.01. The second-order valence-corrected chi connectivity index (χ2v) is 9.41. The summed E-state index contributed by atoms with van der Waals surface area (Å²) < 4.78 is 7.31. The highest BCUT2D eigenvalue weighted by atomic mass is 35.5. The Morgan fingerprint density at radius 1 is 1.03 bits per heavy atom. The van der Waals surface area contributed by atoms with Crippen LogP contribution in [-0.2, 0) is 6.61 Å². The van der Waals surface area contributed by atoms with Crippen LogP contribution in [0.4, 0.5) is 5.69 Å². The fraction of sp³-hybridized carbons (Fsp3) is 0.480. The van der Waals surface area contributed by atoms with Crippen molar-refractivity contribution in [1.82, 2.24) is 24.5 Å². The highest BCUT2D eigenvalue weighted by Crippen LogP contribution is 2.34. The van der Waals surface area contributed by atoms with E-state index in [2.05, 4.69) is 38.3 Å². The van der Waals surface area contributed by atoms with Gasteiger partial charge in [-0.15, -0.1) is 0 Å². The molecule has 1 aromatic carbocycles. The molecule has 2 fully saturated rings. The van der Waals surface area contributed by atoms with Gasteiger partial charge in [0, 0.05) is 95.2 Å². The van der Waals surface area contributed by atoms with Gasteiger partial charge in [0.05, 0.1) is 24.4 Å². The molecule has 0 bridgehead atoms. The van der Waals surface area contributed by atoms with Crippen molar-refractivity contribution in [3.05, 3.63) is 47.2 Å². The van der Waals surface area contributed by atoms with E-state index in [-0.39, 0.29) is 6.61 Å². The molecule has 3 aromatic rings. The molecule has 0 radical (unpaired) electrons. The molecule has 34 heavy (non-hydrogen) atoms. The molecule has 8 nitrogen and oxygen atoms in total.